The number of allylic oxidation sites excluding steroid dienone is 1. The lowest BCUT2D eigenvalue weighted by Gasteiger charge is -2.03. The van der Waals surface area contributed by atoms with Gasteiger partial charge in [-0.05, 0) is 11.5 Å². The van der Waals surface area contributed by atoms with Gasteiger partial charge in [-0.2, -0.15) is 0 Å². The van der Waals surface area contributed by atoms with Crippen LogP contribution in [-0.2, 0) is 6.42 Å². The van der Waals surface area contributed by atoms with Crippen molar-refractivity contribution in [3.05, 3.63) is 53.8 Å². The number of hydrogen-bond acceptors (Lipinski definition) is 1. The Hall–Kier alpha value is -1.34. The SMILES string of the molecule is C=CCc1nc(Cl)cc2ccccc12. The number of fused-ring (bicyclic) bond motifs is 1. The molecule has 1 aromatic carbocycles. The van der Waals surface area contributed by atoms with E-state index in [0.717, 1.165) is 22.9 Å². The molecule has 70 valence electrons. The summed E-state index contributed by atoms with van der Waals surface area (Å²) in [5.41, 5.74) is 0.989. The summed E-state index contributed by atoms with van der Waals surface area (Å²) in [7, 11) is 0. The van der Waals surface area contributed by atoms with E-state index >= 15 is 0 Å². The van der Waals surface area contributed by atoms with Gasteiger partial charge in [0.2, 0.25) is 0 Å². The zero-order valence-corrected chi connectivity index (χ0v) is 8.46. The van der Waals surface area contributed by atoms with E-state index in [1.54, 1.807) is 0 Å². The molecule has 0 atom stereocenters. The second-order valence-corrected chi connectivity index (χ2v) is 3.49. The monoisotopic (exact) mass is 203 g/mol. The average molecular weight is 204 g/mol. The van der Waals surface area contributed by atoms with E-state index < -0.39 is 0 Å². The summed E-state index contributed by atoms with van der Waals surface area (Å²) in [5.74, 6) is 0. The smallest absolute Gasteiger partial charge is 0.129 e. The second kappa shape index (κ2) is 3.81. The maximum atomic E-state index is 5.91. The van der Waals surface area contributed by atoms with Gasteiger partial charge in [-0.1, -0.05) is 41.9 Å². The highest BCUT2D eigenvalue weighted by Gasteiger charge is 2.02. The van der Waals surface area contributed by atoms with E-state index in [2.05, 4.69) is 17.6 Å². The molecule has 0 aliphatic rings. The third-order valence-corrected chi connectivity index (χ3v) is 2.32. The fraction of sp³-hybridized carbons (Fsp3) is 0.0833. The van der Waals surface area contributed by atoms with E-state index in [9.17, 15) is 0 Å². The van der Waals surface area contributed by atoms with Crippen molar-refractivity contribution in [1.29, 1.82) is 0 Å². The minimum absolute atomic E-state index is 0.542. The minimum atomic E-state index is 0.542. The molecule has 2 aromatic rings. The average Bonchev–Trinajstić information content (AvgIpc) is 2.18. The van der Waals surface area contributed by atoms with Crippen LogP contribution in [0.5, 0.6) is 0 Å². The zero-order valence-electron chi connectivity index (χ0n) is 7.70. The Morgan fingerprint density at radius 1 is 1.36 bits per heavy atom. The summed E-state index contributed by atoms with van der Waals surface area (Å²) in [6, 6.07) is 9.97. The molecule has 0 bridgehead atoms. The van der Waals surface area contributed by atoms with Gasteiger partial charge >= 0.3 is 0 Å². The molecule has 1 nitrogen and oxygen atoms in total. The Kier molecular flexibility index (Phi) is 2.51. The van der Waals surface area contributed by atoms with Gasteiger partial charge < -0.3 is 0 Å². The molecule has 14 heavy (non-hydrogen) atoms. The number of rotatable bonds is 2. The first kappa shape index (κ1) is 9.22. The Morgan fingerprint density at radius 2 is 2.14 bits per heavy atom. The molecule has 0 saturated heterocycles. The van der Waals surface area contributed by atoms with E-state index in [0.29, 0.717) is 5.15 Å². The van der Waals surface area contributed by atoms with Crippen molar-refractivity contribution in [3.8, 4) is 0 Å². The summed E-state index contributed by atoms with van der Waals surface area (Å²) in [6.07, 6.45) is 2.59. The number of halogens is 1. The predicted molar refractivity (Wildman–Crippen MR) is 60.7 cm³/mol. The number of nitrogens with zero attached hydrogens (tertiary/aromatic N) is 1. The first-order valence-corrected chi connectivity index (χ1v) is 4.84. The molecule has 0 aliphatic carbocycles. The number of hydrogen-bond donors (Lipinski definition) is 0. The van der Waals surface area contributed by atoms with Gasteiger partial charge in [-0.15, -0.1) is 6.58 Å². The molecule has 0 amide bonds. The minimum Gasteiger partial charge on any atom is -0.240 e. The molecular weight excluding hydrogens is 194 g/mol. The summed E-state index contributed by atoms with van der Waals surface area (Å²) in [6.45, 7) is 3.71. The second-order valence-electron chi connectivity index (χ2n) is 3.11. The third-order valence-electron chi connectivity index (χ3n) is 2.13. The van der Waals surface area contributed by atoms with E-state index in [1.807, 2.05) is 30.3 Å². The molecule has 0 radical (unpaired) electrons. The Balaban J connectivity index is 2.73. The van der Waals surface area contributed by atoms with Gasteiger partial charge in [-0.3, -0.25) is 0 Å². The van der Waals surface area contributed by atoms with Crippen LogP contribution in [0.4, 0.5) is 0 Å². The normalized spacial score (nSPS) is 10.4. The molecule has 1 heterocycles. The highest BCUT2D eigenvalue weighted by atomic mass is 35.5. The van der Waals surface area contributed by atoms with Crippen LogP contribution in [0.15, 0.2) is 43.0 Å². The quantitative estimate of drug-likeness (QED) is 0.537. The molecule has 0 N–H and O–H groups in total. The van der Waals surface area contributed by atoms with Gasteiger partial charge in [0.1, 0.15) is 5.15 Å². The maximum Gasteiger partial charge on any atom is 0.129 e. The van der Waals surface area contributed by atoms with Crippen molar-refractivity contribution in [2.75, 3.05) is 0 Å². The summed E-state index contributed by atoms with van der Waals surface area (Å²) in [5, 5.41) is 2.82. The summed E-state index contributed by atoms with van der Waals surface area (Å²) >= 11 is 5.91. The topological polar surface area (TPSA) is 12.9 Å². The molecule has 2 heteroatoms. The number of aromatic nitrogens is 1. The maximum absolute atomic E-state index is 5.91. The fourth-order valence-corrected chi connectivity index (χ4v) is 1.75. The van der Waals surface area contributed by atoms with Crippen LogP contribution >= 0.6 is 11.6 Å². The standard InChI is InChI=1S/C12H10ClN/c1-2-5-11-10-7-4-3-6-9(10)8-12(13)14-11/h2-4,6-8H,1,5H2. The van der Waals surface area contributed by atoms with Gasteiger partial charge in [0.25, 0.3) is 0 Å². The molecule has 0 spiro atoms. The molecule has 2 rings (SSSR count). The van der Waals surface area contributed by atoms with Crippen molar-refractivity contribution in [2.24, 2.45) is 0 Å². The van der Waals surface area contributed by atoms with Crippen LogP contribution in [0.3, 0.4) is 0 Å². The van der Waals surface area contributed by atoms with Gasteiger partial charge in [-0.25, -0.2) is 4.98 Å². The van der Waals surface area contributed by atoms with Crippen LogP contribution in [-0.4, -0.2) is 4.98 Å². The van der Waals surface area contributed by atoms with E-state index in [1.165, 1.54) is 0 Å². The molecule has 0 fully saturated rings. The summed E-state index contributed by atoms with van der Waals surface area (Å²) < 4.78 is 0. The van der Waals surface area contributed by atoms with E-state index in [-0.39, 0.29) is 0 Å². The Bertz CT molecular complexity index is 477. The van der Waals surface area contributed by atoms with Crippen LogP contribution in [0.1, 0.15) is 5.69 Å². The predicted octanol–water partition coefficient (Wildman–Crippen LogP) is 3.62. The Labute approximate surface area is 88.0 Å². The number of benzene rings is 1. The largest absolute Gasteiger partial charge is 0.240 e. The first-order chi connectivity index (χ1) is 6.81. The Morgan fingerprint density at radius 3 is 2.93 bits per heavy atom. The molecule has 0 aliphatic heterocycles. The lowest BCUT2D eigenvalue weighted by atomic mass is 10.1. The number of pyridine rings is 1. The van der Waals surface area contributed by atoms with Crippen molar-refractivity contribution < 1.29 is 0 Å². The van der Waals surface area contributed by atoms with Crippen LogP contribution in [0.2, 0.25) is 5.15 Å². The lowest BCUT2D eigenvalue weighted by Crippen LogP contribution is -1.90. The zero-order chi connectivity index (χ0) is 9.97. The van der Waals surface area contributed by atoms with Gasteiger partial charge in [0, 0.05) is 11.8 Å². The molecule has 1 aromatic heterocycles. The van der Waals surface area contributed by atoms with Crippen LogP contribution in [0, 0.1) is 0 Å². The molecule has 0 unspecified atom stereocenters. The fourth-order valence-electron chi connectivity index (χ4n) is 1.53. The van der Waals surface area contributed by atoms with E-state index in [4.69, 9.17) is 11.6 Å². The summed E-state index contributed by atoms with van der Waals surface area (Å²) in [4.78, 5) is 4.29. The lowest BCUT2D eigenvalue weighted by molar-refractivity contribution is 1.14. The van der Waals surface area contributed by atoms with Crippen molar-refractivity contribution in [1.82, 2.24) is 4.98 Å². The third kappa shape index (κ3) is 1.64. The van der Waals surface area contributed by atoms with Gasteiger partial charge in [0.05, 0.1) is 5.69 Å². The first-order valence-electron chi connectivity index (χ1n) is 4.46. The van der Waals surface area contributed by atoms with Gasteiger partial charge in [0.15, 0.2) is 0 Å². The highest BCUT2D eigenvalue weighted by Crippen LogP contribution is 2.21. The van der Waals surface area contributed by atoms with Crippen LogP contribution in [0.25, 0.3) is 10.8 Å². The van der Waals surface area contributed by atoms with Crippen LogP contribution < -0.4 is 0 Å². The molecular formula is C12H10ClN. The van der Waals surface area contributed by atoms with Crippen molar-refractivity contribution >= 4 is 22.4 Å². The van der Waals surface area contributed by atoms with Crippen molar-refractivity contribution in [2.45, 2.75) is 6.42 Å². The van der Waals surface area contributed by atoms with Crippen molar-refractivity contribution in [3.63, 3.8) is 0 Å². The highest BCUT2D eigenvalue weighted by molar-refractivity contribution is 6.30. The molecule has 0 saturated carbocycles.